The number of hydrogen-bond acceptors (Lipinski definition) is 3. The maximum Gasteiger partial charge on any atom is 0.232 e. The predicted octanol–water partition coefficient (Wildman–Crippen LogP) is 2.33. The highest BCUT2D eigenvalue weighted by Gasteiger charge is 2.52. The lowest BCUT2D eigenvalue weighted by Gasteiger charge is -2.47. The van der Waals surface area contributed by atoms with Crippen molar-refractivity contribution in [2.75, 3.05) is 26.3 Å². The van der Waals surface area contributed by atoms with Gasteiger partial charge in [0.1, 0.15) is 0 Å². The highest BCUT2D eigenvalue weighted by molar-refractivity contribution is 7.80. The average Bonchev–Trinajstić information content (AvgIpc) is 2.74. The molecule has 1 N–H and O–H groups in total. The summed E-state index contributed by atoms with van der Waals surface area (Å²) in [6.45, 7) is 2.99. The Bertz CT molecular complexity index is 459. The molecule has 122 valence electrons. The zero-order chi connectivity index (χ0) is 15.2. The van der Waals surface area contributed by atoms with E-state index in [0.29, 0.717) is 18.3 Å². The summed E-state index contributed by atoms with van der Waals surface area (Å²) in [7, 11) is 0. The van der Waals surface area contributed by atoms with E-state index in [9.17, 15) is 4.79 Å². The summed E-state index contributed by atoms with van der Waals surface area (Å²) in [5.74, 6) is 2.54. The third-order valence-electron chi connectivity index (χ3n) is 6.36. The van der Waals surface area contributed by atoms with Gasteiger partial charge in [-0.3, -0.25) is 4.79 Å². The highest BCUT2D eigenvalue weighted by atomic mass is 32.1. The number of morpholine rings is 1. The molecule has 1 heterocycles. The fraction of sp³-hybridized carbons (Fsp3) is 0.882. The summed E-state index contributed by atoms with van der Waals surface area (Å²) in [4.78, 5) is 15.1. The lowest BCUT2D eigenvalue weighted by atomic mass is 9.58. The van der Waals surface area contributed by atoms with Crippen molar-refractivity contribution >= 4 is 23.2 Å². The van der Waals surface area contributed by atoms with Crippen molar-refractivity contribution < 1.29 is 9.53 Å². The van der Waals surface area contributed by atoms with Crippen LogP contribution in [0.4, 0.5) is 0 Å². The van der Waals surface area contributed by atoms with Gasteiger partial charge in [-0.1, -0.05) is 12.8 Å². The molecular formula is C17H26N2O2S. The van der Waals surface area contributed by atoms with Crippen molar-refractivity contribution in [3.63, 3.8) is 0 Å². The molecule has 4 saturated carbocycles. The minimum atomic E-state index is -0.122. The van der Waals surface area contributed by atoms with Crippen molar-refractivity contribution in [3.05, 3.63) is 0 Å². The van der Waals surface area contributed by atoms with Gasteiger partial charge < -0.3 is 15.0 Å². The number of amides is 1. The number of hydrogen-bond donors (Lipinski definition) is 1. The molecule has 2 atom stereocenters. The Kier molecular flexibility index (Phi) is 3.89. The smallest absolute Gasteiger partial charge is 0.232 e. The molecule has 0 aromatic heterocycles. The Balaban J connectivity index is 1.46. The van der Waals surface area contributed by atoms with Crippen LogP contribution in [-0.4, -0.2) is 42.2 Å². The van der Waals surface area contributed by atoms with E-state index in [4.69, 9.17) is 17.0 Å². The maximum absolute atomic E-state index is 13.0. The first kappa shape index (κ1) is 14.9. The summed E-state index contributed by atoms with van der Waals surface area (Å²) in [5, 5.41) is 3.71. The minimum absolute atomic E-state index is 0.122. The second-order valence-electron chi connectivity index (χ2n) is 7.90. The number of nitrogens with one attached hydrogen (secondary N) is 1. The third kappa shape index (κ3) is 2.67. The molecular weight excluding hydrogens is 296 g/mol. The Morgan fingerprint density at radius 1 is 1.05 bits per heavy atom. The minimum Gasteiger partial charge on any atom is -0.378 e. The molecule has 5 rings (SSSR count). The van der Waals surface area contributed by atoms with Crippen molar-refractivity contribution in [2.24, 2.45) is 23.2 Å². The van der Waals surface area contributed by atoms with E-state index in [1.807, 2.05) is 0 Å². The molecule has 22 heavy (non-hydrogen) atoms. The number of thiocarbonyl (C=S) groups is 1. The van der Waals surface area contributed by atoms with E-state index in [1.54, 1.807) is 0 Å². The first-order valence-corrected chi connectivity index (χ1v) is 9.23. The third-order valence-corrected chi connectivity index (χ3v) is 6.72. The molecule has 0 unspecified atom stereocenters. The number of ether oxygens (including phenoxy) is 1. The zero-order valence-corrected chi connectivity index (χ0v) is 14.0. The van der Waals surface area contributed by atoms with Crippen molar-refractivity contribution in [1.29, 1.82) is 0 Å². The largest absolute Gasteiger partial charge is 0.378 e. The predicted molar refractivity (Wildman–Crippen MR) is 88.4 cm³/mol. The standard InChI is InChI=1S/C17H26N2O2S/c20-15(18-16(22)19-3-5-21-6-4-19)17-9-12-1-2-13(10-17)8-14(7-12)11-17/h12-14H,1-11H2,(H,18,20,22)/t12-,13-,14?,17?/m1/s1. The molecule has 0 spiro atoms. The van der Waals surface area contributed by atoms with E-state index < -0.39 is 0 Å². The zero-order valence-electron chi connectivity index (χ0n) is 13.2. The van der Waals surface area contributed by atoms with Crippen LogP contribution < -0.4 is 5.32 Å². The molecule has 5 heteroatoms. The lowest BCUT2D eigenvalue weighted by molar-refractivity contribution is -0.137. The summed E-state index contributed by atoms with van der Waals surface area (Å²) in [6.07, 6.45) is 8.68. The van der Waals surface area contributed by atoms with Gasteiger partial charge in [-0.2, -0.15) is 0 Å². The van der Waals surface area contributed by atoms with Gasteiger partial charge in [-0.15, -0.1) is 0 Å². The molecule has 4 aliphatic carbocycles. The van der Waals surface area contributed by atoms with Gasteiger partial charge in [0, 0.05) is 13.1 Å². The Morgan fingerprint density at radius 2 is 1.64 bits per heavy atom. The van der Waals surface area contributed by atoms with Gasteiger partial charge in [0.25, 0.3) is 0 Å². The summed E-state index contributed by atoms with van der Waals surface area (Å²) in [6, 6.07) is 0. The molecule has 1 amide bonds. The molecule has 4 bridgehead atoms. The van der Waals surface area contributed by atoms with Crippen LogP contribution in [0.25, 0.3) is 0 Å². The molecule has 4 nitrogen and oxygen atoms in total. The summed E-state index contributed by atoms with van der Waals surface area (Å²) in [5.41, 5.74) is -0.122. The van der Waals surface area contributed by atoms with Crippen LogP contribution >= 0.6 is 12.2 Å². The average molecular weight is 322 g/mol. The number of carbonyl (C=O) groups excluding carboxylic acids is 1. The quantitative estimate of drug-likeness (QED) is 0.752. The molecule has 0 aromatic rings. The highest BCUT2D eigenvalue weighted by Crippen LogP contribution is 2.57. The SMILES string of the molecule is O=C(NC(=S)N1CCOCC1)C12CC3C[C@@H](CC[C@H](C3)C1)C2. The van der Waals surface area contributed by atoms with Crippen LogP contribution in [0, 0.1) is 23.2 Å². The summed E-state index contributed by atoms with van der Waals surface area (Å²) >= 11 is 5.48. The van der Waals surface area contributed by atoms with Crippen LogP contribution in [0.15, 0.2) is 0 Å². The lowest BCUT2D eigenvalue weighted by Crippen LogP contribution is -2.54. The van der Waals surface area contributed by atoms with E-state index in [-0.39, 0.29) is 11.3 Å². The van der Waals surface area contributed by atoms with E-state index in [1.165, 1.54) is 25.7 Å². The van der Waals surface area contributed by atoms with Crippen molar-refractivity contribution in [2.45, 2.75) is 44.9 Å². The van der Waals surface area contributed by atoms with Crippen LogP contribution in [0.2, 0.25) is 0 Å². The molecule has 5 fully saturated rings. The van der Waals surface area contributed by atoms with Gasteiger partial charge >= 0.3 is 0 Å². The number of rotatable bonds is 1. The van der Waals surface area contributed by atoms with E-state index in [0.717, 1.165) is 50.1 Å². The summed E-state index contributed by atoms with van der Waals surface area (Å²) < 4.78 is 5.36. The van der Waals surface area contributed by atoms with Crippen LogP contribution in [0.5, 0.6) is 0 Å². The monoisotopic (exact) mass is 322 g/mol. The molecule has 1 saturated heterocycles. The Hall–Kier alpha value is -0.680. The fourth-order valence-electron chi connectivity index (χ4n) is 5.54. The maximum atomic E-state index is 13.0. The molecule has 5 aliphatic rings. The normalized spacial score (nSPS) is 40.4. The van der Waals surface area contributed by atoms with Crippen LogP contribution in [0.3, 0.4) is 0 Å². The number of carbonyl (C=O) groups is 1. The first-order chi connectivity index (χ1) is 10.6. The van der Waals surface area contributed by atoms with Gasteiger partial charge in [0.2, 0.25) is 5.91 Å². The number of fused-ring (bicyclic) bond motifs is 1. The van der Waals surface area contributed by atoms with Crippen LogP contribution in [-0.2, 0) is 9.53 Å². The Morgan fingerprint density at radius 3 is 2.27 bits per heavy atom. The van der Waals surface area contributed by atoms with Gasteiger partial charge in [0.15, 0.2) is 5.11 Å². The van der Waals surface area contributed by atoms with E-state index in [2.05, 4.69) is 10.2 Å². The van der Waals surface area contributed by atoms with Crippen molar-refractivity contribution in [1.82, 2.24) is 10.2 Å². The van der Waals surface area contributed by atoms with Crippen LogP contribution in [0.1, 0.15) is 44.9 Å². The Labute approximate surface area is 137 Å². The topological polar surface area (TPSA) is 41.6 Å². The second kappa shape index (κ2) is 5.75. The second-order valence-corrected chi connectivity index (χ2v) is 8.28. The molecule has 1 aliphatic heterocycles. The first-order valence-electron chi connectivity index (χ1n) is 8.83. The van der Waals surface area contributed by atoms with Gasteiger partial charge in [-0.05, 0) is 62.1 Å². The fourth-order valence-corrected chi connectivity index (χ4v) is 5.82. The molecule has 0 radical (unpaired) electrons. The van der Waals surface area contributed by atoms with Gasteiger partial charge in [0.05, 0.1) is 18.6 Å². The van der Waals surface area contributed by atoms with Gasteiger partial charge in [-0.25, -0.2) is 0 Å². The van der Waals surface area contributed by atoms with Crippen molar-refractivity contribution in [3.8, 4) is 0 Å². The number of nitrogens with zero attached hydrogens (tertiary/aromatic N) is 1. The molecule has 0 aromatic carbocycles. The van der Waals surface area contributed by atoms with E-state index >= 15 is 0 Å².